The Balaban J connectivity index is 1.05. The second kappa shape index (κ2) is 10.9. The zero-order chi connectivity index (χ0) is 34.9. The first-order chi connectivity index (χ1) is 23.1. The number of anilines is 2. The molecule has 2 saturated carbocycles. The molecule has 1 saturated heterocycles. The number of likely N-dealkylation sites (tertiary alicyclic amines) is 1. The van der Waals surface area contributed by atoms with E-state index in [1.807, 2.05) is 0 Å². The van der Waals surface area contributed by atoms with Crippen molar-refractivity contribution in [1.29, 1.82) is 0 Å². The predicted molar refractivity (Wildman–Crippen MR) is 162 cm³/mol. The highest BCUT2D eigenvalue weighted by atomic mass is 19.4. The van der Waals surface area contributed by atoms with Gasteiger partial charge in [0.05, 0.1) is 23.9 Å². The number of benzene rings is 2. The number of rotatable bonds is 7. The lowest BCUT2D eigenvalue weighted by Gasteiger charge is -2.52. The summed E-state index contributed by atoms with van der Waals surface area (Å²) in [5.41, 5.74) is -0.0649. The summed E-state index contributed by atoms with van der Waals surface area (Å²) in [6, 6.07) is 9.44. The Morgan fingerprint density at radius 1 is 1.11 bits per heavy atom. The first-order valence-corrected chi connectivity index (χ1v) is 15.2. The van der Waals surface area contributed by atoms with Crippen molar-refractivity contribution in [2.24, 2.45) is 5.41 Å². The smallest absolute Gasteiger partial charge is 0.423 e. The fraction of sp³-hybridized carbons (Fsp3) is 0.455. The maximum Gasteiger partial charge on any atom is 0.423 e. The Hall–Kier alpha value is -4.39. The Bertz CT molecular complexity index is 1820. The number of methoxy groups -OCH3 is 1. The number of hydrogen-bond acceptors (Lipinski definition) is 8. The van der Waals surface area contributed by atoms with Crippen LogP contribution >= 0.6 is 0 Å². The van der Waals surface area contributed by atoms with Crippen LogP contribution < -0.4 is 20.1 Å². The summed E-state index contributed by atoms with van der Waals surface area (Å²) >= 11 is 0. The minimum Gasteiger partial charge on any atom is -0.495 e. The fourth-order valence-corrected chi connectivity index (χ4v) is 7.10. The van der Waals surface area contributed by atoms with Gasteiger partial charge >= 0.3 is 6.18 Å². The fourth-order valence-electron chi connectivity index (χ4n) is 7.10. The van der Waals surface area contributed by atoms with Gasteiger partial charge in [0, 0.05) is 29.0 Å². The van der Waals surface area contributed by atoms with Gasteiger partial charge in [0.15, 0.2) is 0 Å². The molecule has 3 fully saturated rings. The van der Waals surface area contributed by atoms with Crippen molar-refractivity contribution in [2.45, 2.75) is 56.3 Å². The van der Waals surface area contributed by atoms with Gasteiger partial charge in [0.1, 0.15) is 17.1 Å². The molecule has 0 unspecified atom stereocenters. The molecule has 2 aliphatic carbocycles. The monoisotopic (exact) mass is 639 g/mol. The highest BCUT2D eigenvalue weighted by Gasteiger charge is 2.57. The number of amides is 2. The molecule has 2 spiro atoms. The van der Waals surface area contributed by atoms with Crippen molar-refractivity contribution in [3.8, 4) is 17.4 Å². The van der Waals surface area contributed by atoms with Gasteiger partial charge in [-0.05, 0) is 93.8 Å². The Morgan fingerprint density at radius 3 is 2.54 bits per heavy atom. The van der Waals surface area contributed by atoms with Crippen molar-refractivity contribution in [1.82, 2.24) is 25.1 Å². The first-order valence-electron chi connectivity index (χ1n) is 16.7. The molecule has 3 aromatic rings. The molecule has 4 aliphatic rings. The van der Waals surface area contributed by atoms with Crippen LogP contribution in [0, 0.1) is 5.41 Å². The normalized spacial score (nSPS) is 21.2. The van der Waals surface area contributed by atoms with Crippen LogP contribution in [0.5, 0.6) is 17.4 Å². The molecular formula is C33H35F3N6O4. The lowest BCUT2D eigenvalue weighted by Crippen LogP contribution is -2.54. The minimum absolute atomic E-state index is 0.0281. The Morgan fingerprint density at radius 2 is 1.87 bits per heavy atom. The number of nitrogens with one attached hydrogen (secondary N) is 2. The van der Waals surface area contributed by atoms with Crippen molar-refractivity contribution in [2.75, 3.05) is 39.5 Å². The molecule has 10 nitrogen and oxygen atoms in total. The third kappa shape index (κ3) is 5.20. The molecule has 2 N–H and O–H groups in total. The van der Waals surface area contributed by atoms with Gasteiger partial charge in [-0.2, -0.15) is 18.2 Å². The summed E-state index contributed by atoms with van der Waals surface area (Å²) in [4.78, 5) is 37.3. The standard InChI is InChI=1S/C33H35F3N6O4/c1-41-13-11-31(12-14-41)16-20(17-31)38-27(43)19-7-8-23(25(15-19)45-3)39-30-37-18-22(33(34,35)36)28(40-30)46-24-6-4-5-21-26(24)29(44)42(2)32(21)9-10-32/h4-8,15,18,20H,9-14,16-17H2,1-3H3,(H,38,43)(H,37,39,40)/i1D3. The number of nitrogens with zero attached hydrogens (tertiary/aromatic N) is 4. The quantitative estimate of drug-likeness (QED) is 0.338. The summed E-state index contributed by atoms with van der Waals surface area (Å²) in [5, 5.41) is 5.89. The second-order valence-electron chi connectivity index (χ2n) is 12.7. The summed E-state index contributed by atoms with van der Waals surface area (Å²) in [6.45, 7) is -1.08. The summed E-state index contributed by atoms with van der Waals surface area (Å²) < 4.78 is 76.2. The topological polar surface area (TPSA) is 109 Å². The molecular weight excluding hydrogens is 601 g/mol. The molecule has 7 rings (SSSR count). The van der Waals surface area contributed by atoms with Gasteiger partial charge in [0.25, 0.3) is 11.8 Å². The van der Waals surface area contributed by atoms with E-state index in [0.717, 1.165) is 44.1 Å². The van der Waals surface area contributed by atoms with Gasteiger partial charge in [-0.15, -0.1) is 0 Å². The number of piperidine rings is 1. The lowest BCUT2D eigenvalue weighted by atomic mass is 9.60. The second-order valence-corrected chi connectivity index (χ2v) is 12.7. The molecule has 46 heavy (non-hydrogen) atoms. The van der Waals surface area contributed by atoms with Crippen LogP contribution in [0.15, 0.2) is 42.6 Å². The van der Waals surface area contributed by atoms with Crippen molar-refractivity contribution >= 4 is 23.5 Å². The van der Waals surface area contributed by atoms with Crippen LogP contribution in [-0.2, 0) is 11.7 Å². The minimum atomic E-state index is -4.84. The van der Waals surface area contributed by atoms with E-state index in [4.69, 9.17) is 13.6 Å². The number of fused-ring (bicyclic) bond motifs is 2. The number of carbonyl (C=O) groups is 2. The van der Waals surface area contributed by atoms with Gasteiger partial charge in [-0.3, -0.25) is 9.59 Å². The van der Waals surface area contributed by atoms with Crippen LogP contribution in [-0.4, -0.2) is 71.8 Å². The van der Waals surface area contributed by atoms with Crippen molar-refractivity contribution in [3.63, 3.8) is 0 Å². The largest absolute Gasteiger partial charge is 0.495 e. The van der Waals surface area contributed by atoms with Crippen LogP contribution in [0.3, 0.4) is 0 Å². The maximum absolute atomic E-state index is 14.0. The highest BCUT2D eigenvalue weighted by molar-refractivity contribution is 6.03. The van der Waals surface area contributed by atoms with E-state index in [1.54, 1.807) is 30.1 Å². The van der Waals surface area contributed by atoms with Crippen LogP contribution in [0.25, 0.3) is 0 Å². The molecule has 242 valence electrons. The van der Waals surface area contributed by atoms with E-state index in [1.165, 1.54) is 30.2 Å². The number of ether oxygens (including phenoxy) is 2. The Labute approximate surface area is 268 Å². The van der Waals surface area contributed by atoms with Crippen molar-refractivity contribution in [3.05, 3.63) is 64.8 Å². The molecule has 2 amide bonds. The number of carbonyl (C=O) groups excluding carboxylic acids is 2. The molecule has 3 heterocycles. The zero-order valence-corrected chi connectivity index (χ0v) is 25.3. The zero-order valence-electron chi connectivity index (χ0n) is 28.3. The summed E-state index contributed by atoms with van der Waals surface area (Å²) in [7, 11) is 3.07. The molecule has 0 radical (unpaired) electrons. The molecule has 1 aromatic heterocycles. The molecule has 13 heteroatoms. The van der Waals surface area contributed by atoms with Gasteiger partial charge in [0.2, 0.25) is 11.8 Å². The predicted octanol–water partition coefficient (Wildman–Crippen LogP) is 5.72. The summed E-state index contributed by atoms with van der Waals surface area (Å²) in [6.07, 6.45) is 0.389. The number of halogens is 3. The van der Waals surface area contributed by atoms with Gasteiger partial charge < -0.3 is 29.9 Å². The average molecular weight is 640 g/mol. The number of alkyl halides is 3. The molecule has 2 aliphatic heterocycles. The SMILES string of the molecule is [2H]C([2H])([2H])N1CCC2(CC1)CC(NC(=O)c1ccc(Nc3ncc(C(F)(F)F)c(Oc4cccc5c4C(=O)N(C)C54CC4)n3)c(OC)c1)C2. The third-order valence-electron chi connectivity index (χ3n) is 9.91. The van der Waals surface area contributed by atoms with Crippen LogP contribution in [0.1, 0.15) is 74.5 Å². The van der Waals surface area contributed by atoms with Gasteiger partial charge in [-0.1, -0.05) is 12.1 Å². The van der Waals surface area contributed by atoms with E-state index >= 15 is 0 Å². The molecule has 2 aromatic carbocycles. The third-order valence-corrected chi connectivity index (χ3v) is 9.91. The van der Waals surface area contributed by atoms with Crippen LogP contribution in [0.4, 0.5) is 24.8 Å². The van der Waals surface area contributed by atoms with E-state index in [9.17, 15) is 22.8 Å². The van der Waals surface area contributed by atoms with E-state index in [0.29, 0.717) is 30.5 Å². The van der Waals surface area contributed by atoms with E-state index in [-0.39, 0.29) is 46.3 Å². The molecule has 0 atom stereocenters. The van der Waals surface area contributed by atoms with E-state index in [2.05, 4.69) is 20.6 Å². The van der Waals surface area contributed by atoms with E-state index < -0.39 is 30.1 Å². The Kier molecular flexibility index (Phi) is 6.32. The van der Waals surface area contributed by atoms with Crippen LogP contribution in [0.2, 0.25) is 0 Å². The number of hydrogen-bond donors (Lipinski definition) is 2. The lowest BCUT2D eigenvalue weighted by molar-refractivity contribution is -0.139. The highest BCUT2D eigenvalue weighted by Crippen LogP contribution is 2.57. The van der Waals surface area contributed by atoms with Crippen molar-refractivity contribution < 1.29 is 36.3 Å². The number of aromatic nitrogens is 2. The first kappa shape index (κ1) is 26.8. The molecule has 0 bridgehead atoms. The summed E-state index contributed by atoms with van der Waals surface area (Å²) in [5.74, 6) is -1.44. The maximum atomic E-state index is 14.0. The van der Waals surface area contributed by atoms with Gasteiger partial charge in [-0.25, -0.2) is 4.98 Å². The average Bonchev–Trinajstić information content (AvgIpc) is 3.81.